The minimum atomic E-state index is -0.475. The van der Waals surface area contributed by atoms with E-state index >= 15 is 0 Å². The summed E-state index contributed by atoms with van der Waals surface area (Å²) in [5.74, 6) is -0.558. The highest BCUT2D eigenvalue weighted by atomic mass is 16.5. The number of ether oxygens (including phenoxy) is 3. The average Bonchev–Trinajstić information content (AvgIpc) is 2.91. The molecule has 2 aromatic rings. The number of carbonyl (C=O) groups excluding carboxylic acids is 1. The van der Waals surface area contributed by atoms with Gasteiger partial charge in [0.25, 0.3) is 0 Å². The first-order valence-electron chi connectivity index (χ1n) is 13.2. The van der Waals surface area contributed by atoms with E-state index in [0.717, 1.165) is 28.7 Å². The first-order chi connectivity index (χ1) is 17.9. The molecule has 0 saturated carbocycles. The number of hydrogen-bond donors (Lipinski definition) is 0. The van der Waals surface area contributed by atoms with Crippen molar-refractivity contribution < 1.29 is 19.0 Å². The summed E-state index contributed by atoms with van der Waals surface area (Å²) in [5.41, 5.74) is 10.9. The summed E-state index contributed by atoms with van der Waals surface area (Å²) < 4.78 is 18.5. The topological polar surface area (TPSA) is 44.8 Å². The molecule has 0 amide bonds. The maximum atomic E-state index is 13.1. The normalized spacial score (nSPS) is 25.1. The average molecular weight is 501 g/mol. The lowest BCUT2D eigenvalue weighted by Crippen LogP contribution is -2.31. The highest BCUT2D eigenvalue weighted by molar-refractivity contribution is 5.73. The van der Waals surface area contributed by atoms with Crippen molar-refractivity contribution in [1.29, 1.82) is 0 Å². The van der Waals surface area contributed by atoms with Gasteiger partial charge in [0.05, 0.1) is 31.3 Å². The van der Waals surface area contributed by atoms with E-state index in [1.54, 1.807) is 0 Å². The molecule has 0 spiro atoms. The number of hydrogen-bond acceptors (Lipinski definition) is 4. The van der Waals surface area contributed by atoms with Crippen molar-refractivity contribution in [3.63, 3.8) is 0 Å². The zero-order valence-electron chi connectivity index (χ0n) is 22.8. The molecule has 4 nitrogen and oxygen atoms in total. The van der Waals surface area contributed by atoms with Gasteiger partial charge < -0.3 is 14.2 Å². The lowest BCUT2D eigenvalue weighted by Gasteiger charge is -2.24. The van der Waals surface area contributed by atoms with E-state index in [1.807, 2.05) is 81.5 Å². The zero-order valence-corrected chi connectivity index (χ0v) is 22.8. The second kappa shape index (κ2) is 14.6. The highest BCUT2D eigenvalue weighted by Gasteiger charge is 2.27. The van der Waals surface area contributed by atoms with Crippen molar-refractivity contribution in [2.24, 2.45) is 11.8 Å². The van der Waals surface area contributed by atoms with Crippen LogP contribution in [0.1, 0.15) is 58.6 Å². The van der Waals surface area contributed by atoms with E-state index in [9.17, 15) is 4.79 Å². The van der Waals surface area contributed by atoms with Gasteiger partial charge >= 0.3 is 5.97 Å². The maximum Gasteiger partial charge on any atom is 0.312 e. The minimum Gasteiger partial charge on any atom is -0.457 e. The molecule has 196 valence electrons. The Labute approximate surface area is 222 Å². The van der Waals surface area contributed by atoms with Crippen molar-refractivity contribution in [1.82, 2.24) is 0 Å². The molecule has 3 rings (SSSR count). The molecule has 0 radical (unpaired) electrons. The molecule has 0 aliphatic carbocycles. The third-order valence-electron chi connectivity index (χ3n) is 6.71. The Morgan fingerprint density at radius 3 is 1.95 bits per heavy atom. The predicted octanol–water partition coefficient (Wildman–Crippen LogP) is 7.36. The van der Waals surface area contributed by atoms with Crippen LogP contribution in [0.2, 0.25) is 0 Å². The Bertz CT molecular complexity index is 1120. The number of rotatable bonds is 7. The van der Waals surface area contributed by atoms with Gasteiger partial charge in [0, 0.05) is 5.57 Å². The van der Waals surface area contributed by atoms with E-state index in [0.29, 0.717) is 19.6 Å². The maximum absolute atomic E-state index is 13.1. The molecular weight excluding hydrogens is 460 g/mol. The first-order valence-corrected chi connectivity index (χ1v) is 13.2. The van der Waals surface area contributed by atoms with Gasteiger partial charge in [-0.25, -0.2) is 0 Å². The molecule has 0 bridgehead atoms. The minimum absolute atomic E-state index is 0.146. The molecule has 4 heteroatoms. The van der Waals surface area contributed by atoms with Crippen molar-refractivity contribution in [3.05, 3.63) is 107 Å². The smallest absolute Gasteiger partial charge is 0.312 e. The van der Waals surface area contributed by atoms with Crippen LogP contribution in [0.5, 0.6) is 0 Å². The quantitative estimate of drug-likeness (QED) is 0.294. The van der Waals surface area contributed by atoms with Crippen molar-refractivity contribution in [2.75, 3.05) is 0 Å². The summed E-state index contributed by atoms with van der Waals surface area (Å²) in [6.45, 7) is 11.0. The highest BCUT2D eigenvalue weighted by Crippen LogP contribution is 2.22. The SMILES string of the molecule is CCC1OC(=O)[C@@H](C)C(OCc2ccccc2)C=C=C(C)C[C@@H](C)[C@H](OCc2ccccc2)C=C=C1C. The van der Waals surface area contributed by atoms with E-state index in [4.69, 9.17) is 14.2 Å². The number of cyclic esters (lactones) is 1. The molecule has 2 aromatic carbocycles. The molecule has 5 atom stereocenters. The van der Waals surface area contributed by atoms with Crippen LogP contribution in [0.15, 0.2) is 95.4 Å². The molecule has 1 heterocycles. The standard InChI is InChI=1S/C33H40O4/c1-6-30-25(3)18-20-31(35-22-28-13-9-7-10-14-28)26(4)21-24(2)17-19-32(27(5)33(34)37-30)36-23-29-15-11-8-12-16-29/h7-16,19-20,26-27,30-32H,6,21-23H2,1-5H3/t17?,18?,26-,27+,30?,31-,32?/m1/s1. The summed E-state index contributed by atoms with van der Waals surface area (Å²) in [6.07, 6.45) is 4.37. The van der Waals surface area contributed by atoms with Gasteiger partial charge in [0.1, 0.15) is 6.10 Å². The molecule has 1 aliphatic rings. The molecule has 0 saturated heterocycles. The third-order valence-corrected chi connectivity index (χ3v) is 6.71. The van der Waals surface area contributed by atoms with Crippen LogP contribution in [-0.2, 0) is 32.2 Å². The Morgan fingerprint density at radius 1 is 0.838 bits per heavy atom. The molecule has 0 aromatic heterocycles. The Balaban J connectivity index is 1.88. The summed E-state index contributed by atoms with van der Waals surface area (Å²) in [4.78, 5) is 13.1. The van der Waals surface area contributed by atoms with Gasteiger partial charge in [-0.05, 0) is 68.4 Å². The van der Waals surface area contributed by atoms with Crippen LogP contribution in [0, 0.1) is 11.8 Å². The van der Waals surface area contributed by atoms with Gasteiger partial charge in [-0.2, -0.15) is 0 Å². The van der Waals surface area contributed by atoms with Crippen LogP contribution in [0.3, 0.4) is 0 Å². The van der Waals surface area contributed by atoms with Crippen molar-refractivity contribution in [2.45, 2.75) is 79.0 Å². The fourth-order valence-electron chi connectivity index (χ4n) is 4.30. The number of benzene rings is 2. The summed E-state index contributed by atoms with van der Waals surface area (Å²) in [5, 5.41) is 0. The summed E-state index contributed by atoms with van der Waals surface area (Å²) in [7, 11) is 0. The van der Waals surface area contributed by atoms with Crippen LogP contribution in [-0.4, -0.2) is 24.3 Å². The van der Waals surface area contributed by atoms with Crippen LogP contribution >= 0.6 is 0 Å². The Kier molecular flexibility index (Phi) is 11.2. The molecular formula is C33H40O4. The van der Waals surface area contributed by atoms with Gasteiger partial charge in [-0.1, -0.05) is 74.5 Å². The fourth-order valence-corrected chi connectivity index (χ4v) is 4.30. The summed E-state index contributed by atoms with van der Waals surface area (Å²) >= 11 is 0. The van der Waals surface area contributed by atoms with Gasteiger partial charge in [0.15, 0.2) is 0 Å². The van der Waals surface area contributed by atoms with E-state index in [1.165, 1.54) is 0 Å². The van der Waals surface area contributed by atoms with Crippen LogP contribution in [0.25, 0.3) is 0 Å². The van der Waals surface area contributed by atoms with E-state index < -0.39 is 12.0 Å². The molecule has 37 heavy (non-hydrogen) atoms. The fraction of sp³-hybridized carbons (Fsp3) is 0.424. The lowest BCUT2D eigenvalue weighted by atomic mass is 9.95. The van der Waals surface area contributed by atoms with Crippen LogP contribution in [0.4, 0.5) is 0 Å². The Morgan fingerprint density at radius 2 is 1.38 bits per heavy atom. The molecule has 1 aliphatic heterocycles. The number of esters is 1. The molecule has 0 fully saturated rings. The van der Waals surface area contributed by atoms with Gasteiger partial charge in [-0.15, -0.1) is 11.5 Å². The third kappa shape index (κ3) is 9.04. The first kappa shape index (κ1) is 28.4. The van der Waals surface area contributed by atoms with Crippen LogP contribution < -0.4 is 0 Å². The van der Waals surface area contributed by atoms with Crippen molar-refractivity contribution >= 4 is 5.97 Å². The van der Waals surface area contributed by atoms with Crippen molar-refractivity contribution in [3.8, 4) is 0 Å². The summed E-state index contributed by atoms with van der Waals surface area (Å²) in [6, 6.07) is 20.1. The molecule has 0 N–H and O–H groups in total. The monoisotopic (exact) mass is 500 g/mol. The second-order valence-electron chi connectivity index (χ2n) is 9.91. The zero-order chi connectivity index (χ0) is 26.6. The van der Waals surface area contributed by atoms with Gasteiger partial charge in [-0.3, -0.25) is 4.79 Å². The predicted molar refractivity (Wildman–Crippen MR) is 148 cm³/mol. The second-order valence-corrected chi connectivity index (χ2v) is 9.91. The lowest BCUT2D eigenvalue weighted by molar-refractivity contribution is -0.156. The van der Waals surface area contributed by atoms with E-state index in [2.05, 4.69) is 37.4 Å². The molecule has 2 unspecified atom stereocenters. The van der Waals surface area contributed by atoms with Gasteiger partial charge in [0.2, 0.25) is 0 Å². The number of carbonyl (C=O) groups is 1. The van der Waals surface area contributed by atoms with E-state index in [-0.39, 0.29) is 24.1 Å². The Hall–Kier alpha value is -3.13. The largest absolute Gasteiger partial charge is 0.457 e.